The molecule has 0 saturated carbocycles. The predicted molar refractivity (Wildman–Crippen MR) is 189 cm³/mol. The molecule has 0 unspecified atom stereocenters. The average molecular weight is 676 g/mol. The van der Waals surface area contributed by atoms with Crippen molar-refractivity contribution in [1.82, 2.24) is 9.80 Å². The summed E-state index contributed by atoms with van der Waals surface area (Å²) in [7, 11) is -4.55. The second-order valence-corrected chi connectivity index (χ2v) is 14.6. The molecule has 0 spiro atoms. The van der Waals surface area contributed by atoms with Crippen molar-refractivity contribution < 1.29 is 26.4 Å². The summed E-state index contributed by atoms with van der Waals surface area (Å²) < 4.78 is 55.4. The lowest BCUT2D eigenvalue weighted by Crippen LogP contribution is -2.33. The fourth-order valence-corrected chi connectivity index (χ4v) is 5.51. The second-order valence-electron chi connectivity index (χ2n) is 11.1. The largest absolute Gasteiger partial charge is 0.492 e. The summed E-state index contributed by atoms with van der Waals surface area (Å²) in [5, 5.41) is 3.00. The molecule has 1 amide bonds. The van der Waals surface area contributed by atoms with Gasteiger partial charge in [-0.1, -0.05) is 44.2 Å². The van der Waals surface area contributed by atoms with Crippen LogP contribution >= 0.6 is 0 Å². The predicted octanol–water partition coefficient (Wildman–Crippen LogP) is 4.57. The van der Waals surface area contributed by atoms with Crippen molar-refractivity contribution in [3.05, 3.63) is 83.4 Å². The number of anilines is 3. The Morgan fingerprint density at radius 3 is 1.74 bits per heavy atom. The Bertz CT molecular complexity index is 1570. The number of para-hydroxylation sites is 1. The highest BCUT2D eigenvalue weighted by Crippen LogP contribution is 2.19. The summed E-state index contributed by atoms with van der Waals surface area (Å²) in [6.07, 6.45) is 3.06. The molecular formula is C33H49N5O6S2. The zero-order valence-electron chi connectivity index (χ0n) is 28.0. The van der Waals surface area contributed by atoms with Gasteiger partial charge in [0.2, 0.25) is 26.0 Å². The van der Waals surface area contributed by atoms with E-state index in [0.717, 1.165) is 67.5 Å². The Kier molecular flexibility index (Phi) is 15.5. The summed E-state index contributed by atoms with van der Waals surface area (Å²) in [6, 6.07) is 20.1. The molecule has 0 aliphatic carbocycles. The third kappa shape index (κ3) is 15.6. The van der Waals surface area contributed by atoms with Gasteiger partial charge in [-0.05, 0) is 93.5 Å². The number of nitrogens with one attached hydrogen (secondary N) is 3. The van der Waals surface area contributed by atoms with E-state index in [1.807, 2.05) is 51.2 Å². The molecule has 11 nitrogen and oxygen atoms in total. The van der Waals surface area contributed by atoms with E-state index in [9.17, 15) is 21.6 Å². The molecule has 254 valence electrons. The van der Waals surface area contributed by atoms with Gasteiger partial charge >= 0.3 is 0 Å². The number of aryl methyl sites for hydroxylation is 2. The number of benzene rings is 3. The van der Waals surface area contributed by atoms with Crippen LogP contribution in [0.5, 0.6) is 5.75 Å². The first-order valence-corrected chi connectivity index (χ1v) is 18.9. The van der Waals surface area contributed by atoms with E-state index in [1.54, 1.807) is 36.4 Å². The van der Waals surface area contributed by atoms with Gasteiger partial charge in [-0.15, -0.1) is 0 Å². The normalized spacial score (nSPS) is 11.5. The lowest BCUT2D eigenvalue weighted by atomic mass is 10.1. The minimum Gasteiger partial charge on any atom is -0.492 e. The number of carbonyl (C=O) groups excluding carboxylic acids is 1. The van der Waals surface area contributed by atoms with Crippen LogP contribution < -0.4 is 19.5 Å². The molecule has 0 atom stereocenters. The third-order valence-corrected chi connectivity index (χ3v) is 8.16. The Hall–Kier alpha value is -3.65. The maximum atomic E-state index is 11.9. The van der Waals surface area contributed by atoms with Gasteiger partial charge < -0.3 is 15.0 Å². The maximum absolute atomic E-state index is 11.9. The molecule has 0 fully saturated rings. The first kappa shape index (κ1) is 38.5. The second kappa shape index (κ2) is 18.5. The van der Waals surface area contributed by atoms with E-state index in [2.05, 4.69) is 38.4 Å². The lowest BCUT2D eigenvalue weighted by Gasteiger charge is -2.18. The van der Waals surface area contributed by atoms with Crippen LogP contribution in [0.2, 0.25) is 0 Å². The topological polar surface area (TPSA) is 137 Å². The van der Waals surface area contributed by atoms with Crippen LogP contribution in [0.3, 0.4) is 0 Å². The lowest BCUT2D eigenvalue weighted by molar-refractivity contribution is -0.117. The summed E-state index contributed by atoms with van der Waals surface area (Å²) in [5.41, 5.74) is 5.33. The van der Waals surface area contributed by atoms with E-state index < -0.39 is 20.0 Å². The molecule has 0 bridgehead atoms. The van der Waals surface area contributed by atoms with E-state index in [1.165, 1.54) is 0 Å². The van der Waals surface area contributed by atoms with Crippen molar-refractivity contribution in [2.75, 3.05) is 73.7 Å². The summed E-state index contributed by atoms with van der Waals surface area (Å²) >= 11 is 0. The fraction of sp³-hybridized carbons (Fsp3) is 0.424. The third-order valence-electron chi connectivity index (χ3n) is 6.95. The Morgan fingerprint density at radius 1 is 0.761 bits per heavy atom. The number of ether oxygens (including phenoxy) is 1. The number of amides is 1. The number of hydrogen-bond donors (Lipinski definition) is 3. The first-order valence-electron chi connectivity index (χ1n) is 15.1. The van der Waals surface area contributed by atoms with Gasteiger partial charge in [-0.25, -0.2) is 16.8 Å². The number of sulfonamides is 2. The van der Waals surface area contributed by atoms with Gasteiger partial charge in [-0.2, -0.15) is 0 Å². The highest BCUT2D eigenvalue weighted by Gasteiger charge is 2.10. The van der Waals surface area contributed by atoms with Gasteiger partial charge in [0.25, 0.3) is 0 Å². The number of carbonyl (C=O) groups is 1. The average Bonchev–Trinajstić information content (AvgIpc) is 2.97. The zero-order chi connectivity index (χ0) is 34.3. The van der Waals surface area contributed by atoms with Crippen LogP contribution in [0.4, 0.5) is 17.1 Å². The molecule has 13 heteroatoms. The Balaban J connectivity index is 0.000000368. The van der Waals surface area contributed by atoms with Crippen molar-refractivity contribution in [3.8, 4) is 5.75 Å². The quantitative estimate of drug-likeness (QED) is 0.201. The maximum Gasteiger partial charge on any atom is 0.238 e. The van der Waals surface area contributed by atoms with Crippen LogP contribution in [-0.4, -0.2) is 91.4 Å². The molecule has 0 saturated heterocycles. The van der Waals surface area contributed by atoms with Crippen LogP contribution in [0.1, 0.15) is 30.5 Å². The smallest absolute Gasteiger partial charge is 0.238 e. The molecule has 3 N–H and O–H groups in total. The molecule has 3 rings (SSSR count). The molecule has 3 aromatic rings. The standard InChI is InChI=1S/C19H27N3O5S2.C14H22N2O/c1-22(13-12-16-4-6-17(7-5-16)20-28(2,23)24)14-15-27-19-10-8-18(9-11-19)21-29(3,25)26;1-5-16(6-2)10-13(17)15-14-11(3)8-7-9-12(14)4/h4-11,20-21H,12-15H2,1-3H3;7-9H,5-6,10H2,1-4H3,(H,15,17). The fourth-order valence-electron chi connectivity index (χ4n) is 4.38. The van der Waals surface area contributed by atoms with Crippen molar-refractivity contribution >= 4 is 43.0 Å². The SMILES string of the molecule is CCN(CC)CC(=O)Nc1c(C)cccc1C.CN(CCOc1ccc(NS(C)(=O)=O)cc1)CCc1ccc(NS(C)(=O)=O)cc1. The highest BCUT2D eigenvalue weighted by molar-refractivity contribution is 7.92. The van der Waals surface area contributed by atoms with Gasteiger partial charge in [0.1, 0.15) is 12.4 Å². The van der Waals surface area contributed by atoms with Crippen LogP contribution in [0.25, 0.3) is 0 Å². The van der Waals surface area contributed by atoms with E-state index >= 15 is 0 Å². The summed E-state index contributed by atoms with van der Waals surface area (Å²) in [4.78, 5) is 16.1. The number of likely N-dealkylation sites (N-methyl/N-ethyl adjacent to an activating group) is 2. The van der Waals surface area contributed by atoms with Crippen LogP contribution in [0.15, 0.2) is 66.7 Å². The van der Waals surface area contributed by atoms with Crippen molar-refractivity contribution in [2.45, 2.75) is 34.1 Å². The molecule has 3 aromatic carbocycles. The van der Waals surface area contributed by atoms with Gasteiger partial charge in [0.05, 0.1) is 19.1 Å². The Labute approximate surface area is 275 Å². The first-order chi connectivity index (χ1) is 21.6. The van der Waals surface area contributed by atoms with E-state index in [4.69, 9.17) is 4.74 Å². The minimum atomic E-state index is -3.29. The molecular weight excluding hydrogens is 627 g/mol. The van der Waals surface area contributed by atoms with Crippen molar-refractivity contribution in [2.24, 2.45) is 0 Å². The Morgan fingerprint density at radius 2 is 1.26 bits per heavy atom. The monoisotopic (exact) mass is 675 g/mol. The van der Waals surface area contributed by atoms with Crippen LogP contribution in [-0.2, 0) is 31.3 Å². The minimum absolute atomic E-state index is 0.0612. The summed E-state index contributed by atoms with van der Waals surface area (Å²) in [6.45, 7) is 12.5. The summed E-state index contributed by atoms with van der Waals surface area (Å²) in [5.74, 6) is 0.734. The molecule has 0 aromatic heterocycles. The molecule has 0 radical (unpaired) electrons. The van der Waals surface area contributed by atoms with Gasteiger partial charge in [0, 0.05) is 30.2 Å². The van der Waals surface area contributed by atoms with E-state index in [0.29, 0.717) is 30.3 Å². The number of hydrogen-bond acceptors (Lipinski definition) is 8. The van der Waals surface area contributed by atoms with Gasteiger partial charge in [-0.3, -0.25) is 19.1 Å². The van der Waals surface area contributed by atoms with E-state index in [-0.39, 0.29) is 5.91 Å². The van der Waals surface area contributed by atoms with Crippen LogP contribution in [0, 0.1) is 13.8 Å². The number of rotatable bonds is 16. The molecule has 0 aliphatic heterocycles. The van der Waals surface area contributed by atoms with Gasteiger partial charge in [0.15, 0.2) is 0 Å². The highest BCUT2D eigenvalue weighted by atomic mass is 32.2. The van der Waals surface area contributed by atoms with Crippen molar-refractivity contribution in [3.63, 3.8) is 0 Å². The molecule has 0 heterocycles. The zero-order valence-corrected chi connectivity index (χ0v) is 29.6. The molecule has 46 heavy (non-hydrogen) atoms. The number of nitrogens with zero attached hydrogens (tertiary/aromatic N) is 2. The van der Waals surface area contributed by atoms with Crippen molar-refractivity contribution in [1.29, 1.82) is 0 Å². The molecule has 0 aliphatic rings.